The highest BCUT2D eigenvalue weighted by Gasteiger charge is 2.26. The summed E-state index contributed by atoms with van der Waals surface area (Å²) in [6, 6.07) is 0.392. The number of nitrogens with zero attached hydrogens (tertiary/aromatic N) is 1. The highest BCUT2D eigenvalue weighted by atomic mass is 16.5. The van der Waals surface area contributed by atoms with Gasteiger partial charge in [-0.3, -0.25) is 4.90 Å². The van der Waals surface area contributed by atoms with Gasteiger partial charge in [-0.25, -0.2) is 0 Å². The van der Waals surface area contributed by atoms with Crippen molar-refractivity contribution in [1.82, 2.24) is 4.90 Å². The Balaban J connectivity index is 1.50. The summed E-state index contributed by atoms with van der Waals surface area (Å²) in [7, 11) is 0. The summed E-state index contributed by atoms with van der Waals surface area (Å²) in [4.78, 5) is 2.39. The third-order valence-electron chi connectivity index (χ3n) is 3.00. The van der Waals surface area contributed by atoms with Crippen LogP contribution in [0.2, 0.25) is 0 Å². The fourth-order valence-corrected chi connectivity index (χ4v) is 1.92. The van der Waals surface area contributed by atoms with Gasteiger partial charge in [-0.2, -0.15) is 0 Å². The molecule has 1 aliphatic heterocycles. The molecule has 0 spiro atoms. The average molecular weight is 200 g/mol. The Morgan fingerprint density at radius 2 is 2.00 bits per heavy atom. The van der Waals surface area contributed by atoms with Crippen LogP contribution in [0.4, 0.5) is 0 Å². The Labute approximate surface area is 85.3 Å². The fourth-order valence-electron chi connectivity index (χ4n) is 1.92. The zero-order valence-electron chi connectivity index (χ0n) is 8.65. The Hall–Kier alpha value is -0.160. The molecule has 2 fully saturated rings. The number of hydrogen-bond acceptors (Lipinski definition) is 4. The molecule has 0 bridgehead atoms. The van der Waals surface area contributed by atoms with Gasteiger partial charge in [0.2, 0.25) is 0 Å². The highest BCUT2D eigenvalue weighted by molar-refractivity contribution is 4.82. The molecular weight excluding hydrogens is 180 g/mol. The minimum atomic E-state index is 0.392. The summed E-state index contributed by atoms with van der Waals surface area (Å²) in [6.07, 6.45) is 2.53. The molecule has 0 amide bonds. The maximum absolute atomic E-state index is 5.69. The second kappa shape index (κ2) is 5.07. The van der Waals surface area contributed by atoms with Gasteiger partial charge in [-0.1, -0.05) is 0 Å². The van der Waals surface area contributed by atoms with Gasteiger partial charge in [0.05, 0.1) is 25.9 Å². The van der Waals surface area contributed by atoms with Gasteiger partial charge in [0, 0.05) is 25.7 Å². The largest absolute Gasteiger partial charge is 0.379 e. The lowest BCUT2D eigenvalue weighted by atomic mass is 9.90. The standard InChI is InChI=1S/C10H20N2O2/c11-9-7-10(8-9)14-6-3-12-1-4-13-5-2-12/h9-10H,1-8,11H2. The lowest BCUT2D eigenvalue weighted by molar-refractivity contribution is -0.0300. The molecule has 4 heteroatoms. The van der Waals surface area contributed by atoms with Crippen LogP contribution in [0.3, 0.4) is 0 Å². The minimum Gasteiger partial charge on any atom is -0.379 e. The van der Waals surface area contributed by atoms with Crippen LogP contribution in [0.1, 0.15) is 12.8 Å². The molecule has 2 N–H and O–H groups in total. The number of ether oxygens (including phenoxy) is 2. The van der Waals surface area contributed by atoms with Crippen molar-refractivity contribution in [2.75, 3.05) is 39.5 Å². The van der Waals surface area contributed by atoms with E-state index in [9.17, 15) is 0 Å². The fraction of sp³-hybridized carbons (Fsp3) is 1.00. The van der Waals surface area contributed by atoms with E-state index in [0.29, 0.717) is 12.1 Å². The second-order valence-electron chi connectivity index (χ2n) is 4.18. The Kier molecular flexibility index (Phi) is 3.75. The van der Waals surface area contributed by atoms with E-state index < -0.39 is 0 Å². The third-order valence-corrected chi connectivity index (χ3v) is 3.00. The van der Waals surface area contributed by atoms with Crippen LogP contribution >= 0.6 is 0 Å². The summed E-state index contributed by atoms with van der Waals surface area (Å²) in [5.74, 6) is 0. The van der Waals surface area contributed by atoms with Gasteiger partial charge in [-0.05, 0) is 12.8 Å². The van der Waals surface area contributed by atoms with E-state index >= 15 is 0 Å². The van der Waals surface area contributed by atoms with Crippen LogP contribution < -0.4 is 5.73 Å². The van der Waals surface area contributed by atoms with Crippen LogP contribution in [0, 0.1) is 0 Å². The number of nitrogens with two attached hydrogens (primary N) is 1. The van der Waals surface area contributed by atoms with E-state index in [4.69, 9.17) is 15.2 Å². The molecule has 82 valence electrons. The van der Waals surface area contributed by atoms with Crippen molar-refractivity contribution in [3.63, 3.8) is 0 Å². The highest BCUT2D eigenvalue weighted by Crippen LogP contribution is 2.20. The molecule has 1 saturated heterocycles. The molecule has 0 aromatic carbocycles. The smallest absolute Gasteiger partial charge is 0.0605 e. The topological polar surface area (TPSA) is 47.7 Å². The predicted octanol–water partition coefficient (Wildman–Crippen LogP) is -0.175. The Bertz CT molecular complexity index is 166. The number of morpholine rings is 1. The third kappa shape index (κ3) is 2.92. The van der Waals surface area contributed by atoms with E-state index in [-0.39, 0.29) is 0 Å². The van der Waals surface area contributed by atoms with Crippen LogP contribution in [-0.4, -0.2) is 56.5 Å². The van der Waals surface area contributed by atoms with Crippen LogP contribution in [-0.2, 0) is 9.47 Å². The summed E-state index contributed by atoms with van der Waals surface area (Å²) < 4.78 is 11.0. The quantitative estimate of drug-likeness (QED) is 0.684. The predicted molar refractivity (Wildman–Crippen MR) is 54.2 cm³/mol. The average Bonchev–Trinajstić information content (AvgIpc) is 2.17. The molecule has 2 aliphatic rings. The van der Waals surface area contributed by atoms with Crippen molar-refractivity contribution in [3.05, 3.63) is 0 Å². The minimum absolute atomic E-state index is 0.392. The monoisotopic (exact) mass is 200 g/mol. The zero-order chi connectivity index (χ0) is 9.80. The zero-order valence-corrected chi connectivity index (χ0v) is 8.65. The maximum Gasteiger partial charge on any atom is 0.0605 e. The molecule has 0 radical (unpaired) electrons. The van der Waals surface area contributed by atoms with Gasteiger partial charge < -0.3 is 15.2 Å². The Morgan fingerprint density at radius 3 is 2.64 bits per heavy atom. The molecular formula is C10H20N2O2. The van der Waals surface area contributed by atoms with E-state index in [1.54, 1.807) is 0 Å². The van der Waals surface area contributed by atoms with Crippen molar-refractivity contribution in [1.29, 1.82) is 0 Å². The number of hydrogen-bond donors (Lipinski definition) is 1. The van der Waals surface area contributed by atoms with Gasteiger partial charge in [0.25, 0.3) is 0 Å². The molecule has 4 nitrogen and oxygen atoms in total. The van der Waals surface area contributed by atoms with E-state index in [2.05, 4.69) is 4.90 Å². The first-order chi connectivity index (χ1) is 6.84. The first-order valence-corrected chi connectivity index (χ1v) is 5.52. The summed E-state index contributed by atoms with van der Waals surface area (Å²) in [5.41, 5.74) is 5.68. The van der Waals surface area contributed by atoms with Crippen LogP contribution in [0.25, 0.3) is 0 Å². The summed E-state index contributed by atoms with van der Waals surface area (Å²) in [5, 5.41) is 0. The van der Waals surface area contributed by atoms with Crippen LogP contribution in [0.15, 0.2) is 0 Å². The molecule has 1 aliphatic carbocycles. The Morgan fingerprint density at radius 1 is 1.29 bits per heavy atom. The van der Waals surface area contributed by atoms with Crippen molar-refractivity contribution in [2.45, 2.75) is 25.0 Å². The van der Waals surface area contributed by atoms with Crippen LogP contribution in [0.5, 0.6) is 0 Å². The normalized spacial score (nSPS) is 34.1. The van der Waals surface area contributed by atoms with Crippen molar-refractivity contribution < 1.29 is 9.47 Å². The molecule has 2 rings (SSSR count). The van der Waals surface area contributed by atoms with Crippen molar-refractivity contribution >= 4 is 0 Å². The van der Waals surface area contributed by atoms with E-state index in [1.165, 1.54) is 0 Å². The SMILES string of the molecule is NC1CC(OCCN2CCOCC2)C1. The summed E-state index contributed by atoms with van der Waals surface area (Å²) >= 11 is 0. The van der Waals surface area contributed by atoms with Gasteiger partial charge in [-0.15, -0.1) is 0 Å². The van der Waals surface area contributed by atoms with Gasteiger partial charge in [0.1, 0.15) is 0 Å². The van der Waals surface area contributed by atoms with Crippen molar-refractivity contribution in [3.8, 4) is 0 Å². The molecule has 1 heterocycles. The van der Waals surface area contributed by atoms with E-state index in [0.717, 1.165) is 52.3 Å². The first-order valence-electron chi connectivity index (χ1n) is 5.52. The second-order valence-corrected chi connectivity index (χ2v) is 4.18. The number of rotatable bonds is 4. The maximum atomic E-state index is 5.69. The molecule has 1 saturated carbocycles. The first kappa shape index (κ1) is 10.4. The molecule has 14 heavy (non-hydrogen) atoms. The van der Waals surface area contributed by atoms with Crippen molar-refractivity contribution in [2.24, 2.45) is 5.73 Å². The van der Waals surface area contributed by atoms with Gasteiger partial charge in [0.15, 0.2) is 0 Å². The molecule has 0 aromatic rings. The lowest BCUT2D eigenvalue weighted by Crippen LogP contribution is -2.43. The van der Waals surface area contributed by atoms with Gasteiger partial charge >= 0.3 is 0 Å². The molecule has 0 aromatic heterocycles. The molecule has 0 unspecified atom stereocenters. The lowest BCUT2D eigenvalue weighted by Gasteiger charge is -2.33. The molecule has 0 atom stereocenters. The van der Waals surface area contributed by atoms with E-state index in [1.807, 2.05) is 0 Å². The summed E-state index contributed by atoms with van der Waals surface area (Å²) in [6.45, 7) is 5.72.